The molecule has 1 aromatic carbocycles. The summed E-state index contributed by atoms with van der Waals surface area (Å²) in [7, 11) is 0. The Balaban J connectivity index is 2.12. The lowest BCUT2D eigenvalue weighted by molar-refractivity contribution is -0.119. The highest BCUT2D eigenvalue weighted by Crippen LogP contribution is 2.19. The molecule has 0 aliphatic rings. The maximum Gasteiger partial charge on any atom is 0.216 e. The Morgan fingerprint density at radius 2 is 1.89 bits per heavy atom. The van der Waals surface area contributed by atoms with E-state index in [2.05, 4.69) is 22.4 Å². The van der Waals surface area contributed by atoms with Gasteiger partial charge in [-0.05, 0) is 24.1 Å². The van der Waals surface area contributed by atoms with E-state index >= 15 is 0 Å². The van der Waals surface area contributed by atoms with Crippen LogP contribution >= 0.6 is 0 Å². The average molecular weight is 254 g/mol. The summed E-state index contributed by atoms with van der Waals surface area (Å²) in [6.07, 6.45) is 2.63. The van der Waals surface area contributed by atoms with Gasteiger partial charge in [0.25, 0.3) is 0 Å². The summed E-state index contributed by atoms with van der Waals surface area (Å²) in [5.74, 6) is 0.252. The van der Waals surface area contributed by atoms with E-state index in [-0.39, 0.29) is 11.8 Å². The molecule has 1 heterocycles. The Morgan fingerprint density at radius 1 is 1.16 bits per heavy atom. The van der Waals surface area contributed by atoms with E-state index in [1.54, 1.807) is 13.1 Å². The van der Waals surface area contributed by atoms with Gasteiger partial charge in [-0.25, -0.2) is 0 Å². The molecule has 3 heteroatoms. The third kappa shape index (κ3) is 4.21. The first-order valence-corrected chi connectivity index (χ1v) is 6.45. The zero-order valence-electron chi connectivity index (χ0n) is 11.0. The second-order valence-corrected chi connectivity index (χ2v) is 4.57. The van der Waals surface area contributed by atoms with Gasteiger partial charge in [0.1, 0.15) is 0 Å². The van der Waals surface area contributed by atoms with Gasteiger partial charge in [-0.2, -0.15) is 0 Å². The number of nitrogens with zero attached hydrogens (tertiary/aromatic N) is 1. The van der Waals surface area contributed by atoms with Gasteiger partial charge in [0.2, 0.25) is 5.91 Å². The first-order chi connectivity index (χ1) is 9.25. The van der Waals surface area contributed by atoms with E-state index in [1.807, 2.05) is 36.4 Å². The Bertz CT molecular complexity index is 511. The lowest BCUT2D eigenvalue weighted by Crippen LogP contribution is -2.27. The molecule has 1 unspecified atom stereocenters. The van der Waals surface area contributed by atoms with E-state index < -0.39 is 0 Å². The highest BCUT2D eigenvalue weighted by Gasteiger charge is 2.13. The number of rotatable bonds is 5. The summed E-state index contributed by atoms with van der Waals surface area (Å²) >= 11 is 0. The maximum absolute atomic E-state index is 11.1. The van der Waals surface area contributed by atoms with Crippen molar-refractivity contribution in [2.75, 3.05) is 6.54 Å². The predicted molar refractivity (Wildman–Crippen MR) is 75.8 cm³/mol. The number of pyridine rings is 1. The number of hydrogen-bond acceptors (Lipinski definition) is 2. The number of carbonyl (C=O) groups is 1. The van der Waals surface area contributed by atoms with E-state index in [4.69, 9.17) is 0 Å². The van der Waals surface area contributed by atoms with E-state index in [9.17, 15) is 4.79 Å². The van der Waals surface area contributed by atoms with Crippen LogP contribution < -0.4 is 5.32 Å². The average Bonchev–Trinajstić information content (AvgIpc) is 2.45. The van der Waals surface area contributed by atoms with Gasteiger partial charge in [0.15, 0.2) is 0 Å². The molecule has 0 aliphatic heterocycles. The molecule has 3 nitrogen and oxygen atoms in total. The van der Waals surface area contributed by atoms with Gasteiger partial charge >= 0.3 is 0 Å². The Kier molecular flexibility index (Phi) is 4.67. The summed E-state index contributed by atoms with van der Waals surface area (Å²) in [5.41, 5.74) is 2.27. The topological polar surface area (TPSA) is 42.0 Å². The van der Waals surface area contributed by atoms with Crippen LogP contribution in [0.25, 0.3) is 0 Å². The van der Waals surface area contributed by atoms with Crippen LogP contribution in [0.4, 0.5) is 0 Å². The van der Waals surface area contributed by atoms with Crippen molar-refractivity contribution >= 4 is 5.91 Å². The Labute approximate surface area is 113 Å². The molecule has 0 radical (unpaired) electrons. The summed E-state index contributed by atoms with van der Waals surface area (Å²) in [4.78, 5) is 15.5. The summed E-state index contributed by atoms with van der Waals surface area (Å²) in [5, 5.41) is 2.90. The molecule has 1 aromatic heterocycles. The largest absolute Gasteiger partial charge is 0.356 e. The van der Waals surface area contributed by atoms with Crippen LogP contribution in [-0.2, 0) is 11.2 Å². The van der Waals surface area contributed by atoms with Crippen molar-refractivity contribution in [3.63, 3.8) is 0 Å². The first-order valence-electron chi connectivity index (χ1n) is 6.45. The molecule has 1 N–H and O–H groups in total. The summed E-state index contributed by atoms with van der Waals surface area (Å²) in [6, 6.07) is 16.1. The lowest BCUT2D eigenvalue weighted by Gasteiger charge is -2.17. The fourth-order valence-corrected chi connectivity index (χ4v) is 2.07. The van der Waals surface area contributed by atoms with Crippen LogP contribution in [0.1, 0.15) is 24.1 Å². The maximum atomic E-state index is 11.1. The van der Waals surface area contributed by atoms with Crippen LogP contribution in [0.15, 0.2) is 54.7 Å². The normalized spacial score (nSPS) is 11.8. The molecular formula is C16H18N2O. The van der Waals surface area contributed by atoms with Gasteiger partial charge < -0.3 is 5.32 Å². The zero-order chi connectivity index (χ0) is 13.5. The van der Waals surface area contributed by atoms with Crippen molar-refractivity contribution in [2.45, 2.75) is 19.3 Å². The van der Waals surface area contributed by atoms with Crippen molar-refractivity contribution in [3.8, 4) is 0 Å². The number of hydrogen-bond donors (Lipinski definition) is 1. The molecule has 0 spiro atoms. The van der Waals surface area contributed by atoms with Crippen LogP contribution in [0.2, 0.25) is 0 Å². The van der Waals surface area contributed by atoms with Crippen molar-refractivity contribution in [3.05, 3.63) is 66.0 Å². The monoisotopic (exact) mass is 254 g/mol. The van der Waals surface area contributed by atoms with Crippen molar-refractivity contribution in [2.24, 2.45) is 0 Å². The first kappa shape index (κ1) is 13.3. The molecule has 0 aliphatic carbocycles. The molecule has 2 aromatic rings. The molecule has 0 bridgehead atoms. The second-order valence-electron chi connectivity index (χ2n) is 4.57. The fraction of sp³-hybridized carbons (Fsp3) is 0.250. The minimum Gasteiger partial charge on any atom is -0.356 e. The molecule has 98 valence electrons. The number of nitrogens with one attached hydrogen (secondary N) is 1. The number of aromatic nitrogens is 1. The van der Waals surface area contributed by atoms with Gasteiger partial charge in [-0.3, -0.25) is 9.78 Å². The van der Waals surface area contributed by atoms with Crippen LogP contribution in [0, 0.1) is 0 Å². The van der Waals surface area contributed by atoms with Crippen LogP contribution in [-0.4, -0.2) is 17.4 Å². The highest BCUT2D eigenvalue weighted by atomic mass is 16.1. The number of amides is 1. The van der Waals surface area contributed by atoms with E-state index in [1.165, 1.54) is 5.56 Å². The summed E-state index contributed by atoms with van der Waals surface area (Å²) < 4.78 is 0. The quantitative estimate of drug-likeness (QED) is 0.891. The molecule has 2 rings (SSSR count). The highest BCUT2D eigenvalue weighted by molar-refractivity contribution is 5.72. The second kappa shape index (κ2) is 6.69. The van der Waals surface area contributed by atoms with Crippen molar-refractivity contribution in [1.29, 1.82) is 0 Å². The summed E-state index contributed by atoms with van der Waals surface area (Å²) in [6.45, 7) is 2.18. The van der Waals surface area contributed by atoms with Gasteiger partial charge in [-0.15, -0.1) is 0 Å². The molecule has 0 fully saturated rings. The predicted octanol–water partition coefficient (Wildman–Crippen LogP) is 2.54. The van der Waals surface area contributed by atoms with E-state index in [0.717, 1.165) is 12.1 Å². The molecule has 0 saturated carbocycles. The molecular weight excluding hydrogens is 236 g/mol. The Hall–Kier alpha value is -2.16. The van der Waals surface area contributed by atoms with Crippen LogP contribution in [0.3, 0.4) is 0 Å². The SMILES string of the molecule is CC(=O)NCC(Cc1ccccn1)c1ccccc1. The van der Waals surface area contributed by atoms with E-state index in [0.29, 0.717) is 6.54 Å². The third-order valence-corrected chi connectivity index (χ3v) is 3.05. The smallest absolute Gasteiger partial charge is 0.216 e. The standard InChI is InChI=1S/C16H18N2O/c1-13(19)18-12-15(14-7-3-2-4-8-14)11-16-9-5-6-10-17-16/h2-10,15H,11-12H2,1H3,(H,18,19). The van der Waals surface area contributed by atoms with Gasteiger partial charge in [0.05, 0.1) is 0 Å². The number of carbonyl (C=O) groups excluding carboxylic acids is 1. The molecule has 1 atom stereocenters. The molecule has 0 saturated heterocycles. The van der Waals surface area contributed by atoms with Crippen molar-refractivity contribution in [1.82, 2.24) is 10.3 Å². The van der Waals surface area contributed by atoms with Gasteiger partial charge in [-0.1, -0.05) is 36.4 Å². The lowest BCUT2D eigenvalue weighted by atomic mass is 9.94. The molecule has 19 heavy (non-hydrogen) atoms. The van der Waals surface area contributed by atoms with Crippen molar-refractivity contribution < 1.29 is 4.79 Å². The van der Waals surface area contributed by atoms with Crippen LogP contribution in [0.5, 0.6) is 0 Å². The molecule has 1 amide bonds. The third-order valence-electron chi connectivity index (χ3n) is 3.05. The number of benzene rings is 1. The minimum atomic E-state index is 0.00181. The van der Waals surface area contributed by atoms with Gasteiger partial charge in [0, 0.05) is 31.3 Å². The fourth-order valence-electron chi connectivity index (χ4n) is 2.07. The minimum absolute atomic E-state index is 0.00181. The Morgan fingerprint density at radius 3 is 2.53 bits per heavy atom. The zero-order valence-corrected chi connectivity index (χ0v) is 11.0.